The van der Waals surface area contributed by atoms with Crippen molar-refractivity contribution >= 4 is 17.5 Å². The second kappa shape index (κ2) is 6.25. The lowest BCUT2D eigenvalue weighted by Crippen LogP contribution is -2.40. The first-order valence-corrected chi connectivity index (χ1v) is 5.38. The average Bonchev–Trinajstić information content (AvgIpc) is 2.03. The predicted molar refractivity (Wildman–Crippen MR) is 56.9 cm³/mol. The van der Waals surface area contributed by atoms with Crippen LogP contribution < -0.4 is 5.32 Å². The summed E-state index contributed by atoms with van der Waals surface area (Å²) in [5.74, 6) is 1.21. The van der Waals surface area contributed by atoms with Gasteiger partial charge in [0.05, 0.1) is 0 Å². The standard InChI is InChI=1S/C10H20ClNO/c1-7(2)9(5-6-11)12-10(13)8(3)4/h7-9H,5-6H2,1-4H3,(H,12,13). The van der Waals surface area contributed by atoms with E-state index < -0.39 is 0 Å². The number of alkyl halides is 1. The molecule has 0 aliphatic heterocycles. The van der Waals surface area contributed by atoms with E-state index >= 15 is 0 Å². The zero-order chi connectivity index (χ0) is 10.4. The van der Waals surface area contributed by atoms with E-state index in [1.807, 2.05) is 13.8 Å². The molecule has 0 fully saturated rings. The number of rotatable bonds is 5. The number of amides is 1. The number of carbonyl (C=O) groups is 1. The van der Waals surface area contributed by atoms with Gasteiger partial charge in [-0.05, 0) is 12.3 Å². The van der Waals surface area contributed by atoms with E-state index in [1.165, 1.54) is 0 Å². The van der Waals surface area contributed by atoms with Gasteiger partial charge in [-0.25, -0.2) is 0 Å². The van der Waals surface area contributed by atoms with Gasteiger partial charge < -0.3 is 5.32 Å². The SMILES string of the molecule is CC(C)C(=O)NC(CCCl)C(C)C. The molecule has 78 valence electrons. The molecule has 0 radical (unpaired) electrons. The maximum Gasteiger partial charge on any atom is 0.222 e. The molecule has 0 aliphatic rings. The van der Waals surface area contributed by atoms with E-state index in [0.717, 1.165) is 6.42 Å². The molecule has 0 aliphatic carbocycles. The summed E-state index contributed by atoms with van der Waals surface area (Å²) in [6.07, 6.45) is 0.845. The number of hydrogen-bond acceptors (Lipinski definition) is 1. The molecule has 0 heterocycles. The maximum absolute atomic E-state index is 11.4. The summed E-state index contributed by atoms with van der Waals surface area (Å²) in [5.41, 5.74) is 0. The van der Waals surface area contributed by atoms with Gasteiger partial charge in [0.2, 0.25) is 5.91 Å². The Balaban J connectivity index is 4.02. The summed E-state index contributed by atoms with van der Waals surface area (Å²) in [7, 11) is 0. The van der Waals surface area contributed by atoms with Gasteiger partial charge in [0, 0.05) is 17.8 Å². The van der Waals surface area contributed by atoms with E-state index in [2.05, 4.69) is 19.2 Å². The summed E-state index contributed by atoms with van der Waals surface area (Å²) in [6, 6.07) is 0.215. The van der Waals surface area contributed by atoms with Crippen molar-refractivity contribution in [2.75, 3.05) is 5.88 Å². The van der Waals surface area contributed by atoms with Crippen LogP contribution in [0.15, 0.2) is 0 Å². The number of hydrogen-bond donors (Lipinski definition) is 1. The molecule has 1 amide bonds. The molecule has 1 atom stereocenters. The van der Waals surface area contributed by atoms with Crippen LogP contribution in [0.4, 0.5) is 0 Å². The number of halogens is 1. The molecule has 0 aromatic carbocycles. The van der Waals surface area contributed by atoms with E-state index in [4.69, 9.17) is 11.6 Å². The van der Waals surface area contributed by atoms with Crippen molar-refractivity contribution in [3.05, 3.63) is 0 Å². The topological polar surface area (TPSA) is 29.1 Å². The largest absolute Gasteiger partial charge is 0.353 e. The molecule has 0 rings (SSSR count). The van der Waals surface area contributed by atoms with Crippen LogP contribution in [0.3, 0.4) is 0 Å². The molecule has 0 bridgehead atoms. The molecule has 0 saturated carbocycles. The Kier molecular flexibility index (Phi) is 6.13. The molecule has 1 N–H and O–H groups in total. The van der Waals surface area contributed by atoms with Crippen LogP contribution >= 0.6 is 11.6 Å². The highest BCUT2D eigenvalue weighted by Gasteiger charge is 2.16. The Labute approximate surface area is 86.0 Å². The van der Waals surface area contributed by atoms with Gasteiger partial charge in [-0.2, -0.15) is 0 Å². The zero-order valence-electron chi connectivity index (χ0n) is 8.93. The first kappa shape index (κ1) is 12.8. The van der Waals surface area contributed by atoms with E-state index in [1.54, 1.807) is 0 Å². The van der Waals surface area contributed by atoms with E-state index in [9.17, 15) is 4.79 Å². The van der Waals surface area contributed by atoms with E-state index in [0.29, 0.717) is 11.8 Å². The molecule has 13 heavy (non-hydrogen) atoms. The fourth-order valence-corrected chi connectivity index (χ4v) is 1.27. The Morgan fingerprint density at radius 3 is 2.15 bits per heavy atom. The molecular weight excluding hydrogens is 186 g/mol. The molecule has 0 spiro atoms. The molecule has 2 nitrogen and oxygen atoms in total. The zero-order valence-corrected chi connectivity index (χ0v) is 9.69. The van der Waals surface area contributed by atoms with Crippen LogP contribution in [0.5, 0.6) is 0 Å². The first-order chi connectivity index (χ1) is 5.99. The quantitative estimate of drug-likeness (QED) is 0.687. The van der Waals surface area contributed by atoms with Crippen LogP contribution in [-0.4, -0.2) is 17.8 Å². The second-order valence-electron chi connectivity index (χ2n) is 3.99. The Morgan fingerprint density at radius 1 is 1.31 bits per heavy atom. The van der Waals surface area contributed by atoms with Crippen molar-refractivity contribution < 1.29 is 4.79 Å². The fourth-order valence-electron chi connectivity index (χ4n) is 1.04. The van der Waals surface area contributed by atoms with Crippen molar-refractivity contribution in [3.63, 3.8) is 0 Å². The maximum atomic E-state index is 11.4. The number of nitrogens with one attached hydrogen (secondary N) is 1. The van der Waals surface area contributed by atoms with Crippen molar-refractivity contribution in [1.29, 1.82) is 0 Å². The Hall–Kier alpha value is -0.240. The normalized spacial score (nSPS) is 13.5. The Morgan fingerprint density at radius 2 is 1.85 bits per heavy atom. The summed E-state index contributed by atoms with van der Waals surface area (Å²) >= 11 is 5.65. The fraction of sp³-hybridized carbons (Fsp3) is 0.900. The third-order valence-corrected chi connectivity index (χ3v) is 2.30. The van der Waals surface area contributed by atoms with Crippen molar-refractivity contribution in [2.45, 2.75) is 40.2 Å². The van der Waals surface area contributed by atoms with Gasteiger partial charge in [-0.15, -0.1) is 11.6 Å². The highest BCUT2D eigenvalue weighted by molar-refractivity contribution is 6.17. The van der Waals surface area contributed by atoms with Gasteiger partial charge >= 0.3 is 0 Å². The summed E-state index contributed by atoms with van der Waals surface area (Å²) in [5, 5.41) is 2.99. The summed E-state index contributed by atoms with van der Waals surface area (Å²) < 4.78 is 0. The molecular formula is C10H20ClNO. The van der Waals surface area contributed by atoms with Gasteiger partial charge in [0.1, 0.15) is 0 Å². The molecule has 1 unspecified atom stereocenters. The lowest BCUT2D eigenvalue weighted by Gasteiger charge is -2.22. The van der Waals surface area contributed by atoms with Gasteiger partial charge in [0.25, 0.3) is 0 Å². The minimum atomic E-state index is 0.0524. The van der Waals surface area contributed by atoms with Crippen LogP contribution in [0.1, 0.15) is 34.1 Å². The lowest BCUT2D eigenvalue weighted by molar-refractivity contribution is -0.125. The molecule has 0 saturated heterocycles. The summed E-state index contributed by atoms with van der Waals surface area (Å²) in [6.45, 7) is 7.98. The van der Waals surface area contributed by atoms with Gasteiger partial charge in [-0.1, -0.05) is 27.7 Å². The second-order valence-corrected chi connectivity index (χ2v) is 4.37. The third-order valence-electron chi connectivity index (χ3n) is 2.08. The highest BCUT2D eigenvalue weighted by atomic mass is 35.5. The molecule has 3 heteroatoms. The predicted octanol–water partition coefficient (Wildman–Crippen LogP) is 2.41. The highest BCUT2D eigenvalue weighted by Crippen LogP contribution is 2.08. The van der Waals surface area contributed by atoms with Crippen LogP contribution in [0.25, 0.3) is 0 Å². The number of carbonyl (C=O) groups excluding carboxylic acids is 1. The minimum absolute atomic E-state index is 0.0524. The van der Waals surface area contributed by atoms with Gasteiger partial charge in [0.15, 0.2) is 0 Å². The van der Waals surface area contributed by atoms with Crippen molar-refractivity contribution in [3.8, 4) is 0 Å². The van der Waals surface area contributed by atoms with Crippen LogP contribution in [-0.2, 0) is 4.79 Å². The molecule has 0 aromatic rings. The van der Waals surface area contributed by atoms with E-state index in [-0.39, 0.29) is 17.9 Å². The monoisotopic (exact) mass is 205 g/mol. The third kappa shape index (κ3) is 5.14. The molecule has 0 aromatic heterocycles. The Bertz CT molecular complexity index is 157. The van der Waals surface area contributed by atoms with Crippen LogP contribution in [0, 0.1) is 11.8 Å². The smallest absolute Gasteiger partial charge is 0.222 e. The lowest BCUT2D eigenvalue weighted by atomic mass is 10.0. The van der Waals surface area contributed by atoms with Gasteiger partial charge in [-0.3, -0.25) is 4.79 Å². The van der Waals surface area contributed by atoms with Crippen molar-refractivity contribution in [2.24, 2.45) is 11.8 Å². The van der Waals surface area contributed by atoms with Crippen molar-refractivity contribution in [1.82, 2.24) is 5.32 Å². The minimum Gasteiger partial charge on any atom is -0.353 e. The average molecular weight is 206 g/mol. The van der Waals surface area contributed by atoms with Crippen LogP contribution in [0.2, 0.25) is 0 Å². The first-order valence-electron chi connectivity index (χ1n) is 4.85. The summed E-state index contributed by atoms with van der Waals surface area (Å²) in [4.78, 5) is 11.4.